The summed E-state index contributed by atoms with van der Waals surface area (Å²) >= 11 is 0. The number of hydrogen-bond donors (Lipinski definition) is 3. The number of aliphatic hydroxyl groups is 2. The Morgan fingerprint density at radius 1 is 0.941 bits per heavy atom. The standard InChI is InChI=1S/C30H48O4/c1-25(2)13-14-29(24(33)34)15-16-30(18-31)19(20(29)17-25)7-8-22-27(5)11-10-23(32)26(3,4)21(27)9-12-28(22,30)6/h7,20-23,31-32H,8-18H2,1-6H3,(H,33,34)/t20?,21?,22?,23?,27?,28?,29?,30-/m0/s1. The van der Waals surface area contributed by atoms with Gasteiger partial charge in [-0.25, -0.2) is 0 Å². The Hall–Kier alpha value is -0.870. The van der Waals surface area contributed by atoms with E-state index in [0.717, 1.165) is 57.8 Å². The Morgan fingerprint density at radius 3 is 2.26 bits per heavy atom. The van der Waals surface area contributed by atoms with Crippen molar-refractivity contribution in [1.29, 1.82) is 0 Å². The van der Waals surface area contributed by atoms with Crippen LogP contribution in [-0.2, 0) is 4.79 Å². The fourth-order valence-corrected chi connectivity index (χ4v) is 10.8. The van der Waals surface area contributed by atoms with Crippen molar-refractivity contribution in [2.75, 3.05) is 6.61 Å². The lowest BCUT2D eigenvalue weighted by Gasteiger charge is -2.71. The number of aliphatic carboxylic acids is 1. The number of carboxylic acid groups (broad SMARTS) is 1. The molecule has 4 heteroatoms. The van der Waals surface area contributed by atoms with E-state index in [1.165, 1.54) is 5.57 Å². The van der Waals surface area contributed by atoms with Gasteiger partial charge in [0.25, 0.3) is 0 Å². The molecular formula is C30H48O4. The molecule has 4 nitrogen and oxygen atoms in total. The summed E-state index contributed by atoms with van der Waals surface area (Å²) in [7, 11) is 0. The first-order chi connectivity index (χ1) is 15.7. The Labute approximate surface area is 206 Å². The monoisotopic (exact) mass is 472 g/mol. The molecule has 3 N–H and O–H groups in total. The molecule has 0 aromatic rings. The summed E-state index contributed by atoms with van der Waals surface area (Å²) in [5.41, 5.74) is 0.446. The summed E-state index contributed by atoms with van der Waals surface area (Å²) < 4.78 is 0. The first-order valence-electron chi connectivity index (χ1n) is 13.9. The minimum absolute atomic E-state index is 0.0302. The van der Waals surface area contributed by atoms with Gasteiger partial charge in [0.05, 0.1) is 18.1 Å². The van der Waals surface area contributed by atoms with E-state index in [9.17, 15) is 20.1 Å². The first-order valence-corrected chi connectivity index (χ1v) is 13.9. The number of aliphatic hydroxyl groups excluding tert-OH is 2. The summed E-state index contributed by atoms with van der Waals surface area (Å²) in [5.74, 6) is 0.340. The maximum absolute atomic E-state index is 12.8. The third kappa shape index (κ3) is 2.88. The summed E-state index contributed by atoms with van der Waals surface area (Å²) in [6, 6.07) is 0. The van der Waals surface area contributed by atoms with Gasteiger partial charge >= 0.3 is 5.97 Å². The molecule has 0 bridgehead atoms. The molecule has 0 radical (unpaired) electrons. The molecule has 0 aromatic heterocycles. The van der Waals surface area contributed by atoms with Crippen molar-refractivity contribution < 1.29 is 20.1 Å². The number of hydrogen-bond acceptors (Lipinski definition) is 3. The van der Waals surface area contributed by atoms with Gasteiger partial charge in [-0.1, -0.05) is 53.2 Å². The predicted octanol–water partition coefficient (Wildman–Crippen LogP) is 6.21. The Morgan fingerprint density at radius 2 is 1.62 bits per heavy atom. The van der Waals surface area contributed by atoms with Gasteiger partial charge in [0, 0.05) is 5.41 Å². The fraction of sp³-hybridized carbons (Fsp3) is 0.900. The molecule has 0 spiro atoms. The van der Waals surface area contributed by atoms with Crippen LogP contribution in [0.25, 0.3) is 0 Å². The molecule has 5 aliphatic rings. The van der Waals surface area contributed by atoms with Gasteiger partial charge in [0.2, 0.25) is 0 Å². The molecule has 5 aliphatic carbocycles. The molecule has 0 saturated heterocycles. The van der Waals surface area contributed by atoms with Gasteiger partial charge in [-0.2, -0.15) is 0 Å². The van der Waals surface area contributed by atoms with E-state index in [1.54, 1.807) is 0 Å². The molecule has 0 heterocycles. The topological polar surface area (TPSA) is 77.8 Å². The average Bonchev–Trinajstić information content (AvgIpc) is 2.75. The van der Waals surface area contributed by atoms with E-state index < -0.39 is 11.4 Å². The molecule has 4 fully saturated rings. The van der Waals surface area contributed by atoms with Crippen LogP contribution in [0.4, 0.5) is 0 Å². The van der Waals surface area contributed by atoms with Gasteiger partial charge in [0.15, 0.2) is 0 Å². The van der Waals surface area contributed by atoms with E-state index in [0.29, 0.717) is 18.3 Å². The van der Waals surface area contributed by atoms with Crippen LogP contribution < -0.4 is 0 Å². The molecule has 8 atom stereocenters. The SMILES string of the molecule is CC1(C)CCC2(C(=O)O)CC[C@]3(CO)C(=CCC4C5(C)CCC(O)C(C)(C)C5CCC43C)C2C1. The van der Waals surface area contributed by atoms with Crippen LogP contribution >= 0.6 is 0 Å². The minimum atomic E-state index is -0.665. The van der Waals surface area contributed by atoms with Crippen molar-refractivity contribution in [2.45, 2.75) is 112 Å². The van der Waals surface area contributed by atoms with Gasteiger partial charge in [-0.3, -0.25) is 4.79 Å². The Bertz CT molecular complexity index is 903. The Balaban J connectivity index is 1.63. The van der Waals surface area contributed by atoms with E-state index in [2.05, 4.69) is 47.6 Å². The summed E-state index contributed by atoms with van der Waals surface area (Å²) in [6.45, 7) is 14.2. The molecule has 34 heavy (non-hydrogen) atoms. The van der Waals surface area contributed by atoms with Crippen LogP contribution in [0.2, 0.25) is 0 Å². The zero-order valence-electron chi connectivity index (χ0n) is 22.4. The van der Waals surface area contributed by atoms with Crippen LogP contribution in [-0.4, -0.2) is 34.0 Å². The van der Waals surface area contributed by atoms with Crippen molar-refractivity contribution in [3.05, 3.63) is 11.6 Å². The molecule has 192 valence electrons. The van der Waals surface area contributed by atoms with E-state index in [1.807, 2.05) is 0 Å². The third-order valence-electron chi connectivity index (χ3n) is 13.0. The molecule has 0 amide bonds. The van der Waals surface area contributed by atoms with Crippen LogP contribution in [0.1, 0.15) is 106 Å². The second-order valence-corrected chi connectivity index (χ2v) is 15.0. The van der Waals surface area contributed by atoms with Gasteiger partial charge in [-0.15, -0.1) is 0 Å². The molecule has 4 saturated carbocycles. The van der Waals surface area contributed by atoms with Crippen molar-refractivity contribution in [2.24, 2.45) is 50.2 Å². The number of rotatable bonds is 2. The van der Waals surface area contributed by atoms with Gasteiger partial charge < -0.3 is 15.3 Å². The van der Waals surface area contributed by atoms with Crippen LogP contribution in [0.15, 0.2) is 11.6 Å². The number of allylic oxidation sites excluding steroid dienone is 1. The zero-order chi connectivity index (χ0) is 24.9. The van der Waals surface area contributed by atoms with Gasteiger partial charge in [0.1, 0.15) is 0 Å². The van der Waals surface area contributed by atoms with Crippen LogP contribution in [0, 0.1) is 50.2 Å². The normalized spacial score (nSPS) is 51.2. The van der Waals surface area contributed by atoms with Crippen molar-refractivity contribution in [3.8, 4) is 0 Å². The highest BCUT2D eigenvalue weighted by Crippen LogP contribution is 2.75. The molecule has 0 aliphatic heterocycles. The van der Waals surface area contributed by atoms with E-state index in [4.69, 9.17) is 0 Å². The van der Waals surface area contributed by atoms with E-state index in [-0.39, 0.29) is 45.7 Å². The average molecular weight is 473 g/mol. The maximum atomic E-state index is 12.8. The van der Waals surface area contributed by atoms with E-state index >= 15 is 0 Å². The molecule has 5 rings (SSSR count). The van der Waals surface area contributed by atoms with Crippen molar-refractivity contribution in [3.63, 3.8) is 0 Å². The Kier molecular flexibility index (Phi) is 5.36. The van der Waals surface area contributed by atoms with Gasteiger partial charge in [-0.05, 0) is 104 Å². The summed E-state index contributed by atoms with van der Waals surface area (Å²) in [6.07, 6.45) is 11.3. The predicted molar refractivity (Wildman–Crippen MR) is 134 cm³/mol. The lowest BCUT2D eigenvalue weighted by Crippen LogP contribution is -2.66. The minimum Gasteiger partial charge on any atom is -0.481 e. The highest BCUT2D eigenvalue weighted by Gasteiger charge is 2.70. The lowest BCUT2D eigenvalue weighted by atomic mass is 9.33. The first kappa shape index (κ1) is 24.8. The summed E-state index contributed by atoms with van der Waals surface area (Å²) in [4.78, 5) is 12.8. The highest BCUT2D eigenvalue weighted by molar-refractivity contribution is 5.76. The smallest absolute Gasteiger partial charge is 0.310 e. The quantitative estimate of drug-likeness (QED) is 0.418. The molecular weight excluding hydrogens is 424 g/mol. The fourth-order valence-electron chi connectivity index (χ4n) is 10.8. The second kappa shape index (κ2) is 7.34. The molecule has 7 unspecified atom stereocenters. The maximum Gasteiger partial charge on any atom is 0.310 e. The van der Waals surface area contributed by atoms with Crippen LogP contribution in [0.5, 0.6) is 0 Å². The lowest BCUT2D eigenvalue weighted by molar-refractivity contribution is -0.214. The molecule has 0 aromatic carbocycles. The van der Waals surface area contributed by atoms with Crippen molar-refractivity contribution in [1.82, 2.24) is 0 Å². The zero-order valence-corrected chi connectivity index (χ0v) is 22.4. The highest BCUT2D eigenvalue weighted by atomic mass is 16.4. The second-order valence-electron chi connectivity index (χ2n) is 15.0. The number of fused-ring (bicyclic) bond motifs is 7. The van der Waals surface area contributed by atoms with Crippen LogP contribution in [0.3, 0.4) is 0 Å². The largest absolute Gasteiger partial charge is 0.481 e. The number of carbonyl (C=O) groups is 1. The van der Waals surface area contributed by atoms with Crippen molar-refractivity contribution >= 4 is 5.97 Å². The number of carboxylic acids is 1. The third-order valence-corrected chi connectivity index (χ3v) is 13.0. The summed E-state index contributed by atoms with van der Waals surface area (Å²) in [5, 5.41) is 32.6.